The fourth-order valence-electron chi connectivity index (χ4n) is 2.94. The van der Waals surface area contributed by atoms with Gasteiger partial charge in [0, 0.05) is 22.5 Å². The van der Waals surface area contributed by atoms with Gasteiger partial charge in [0.1, 0.15) is 16.4 Å². The topological polar surface area (TPSA) is 93.2 Å². The summed E-state index contributed by atoms with van der Waals surface area (Å²) < 4.78 is 5.54. The predicted octanol–water partition coefficient (Wildman–Crippen LogP) is 4.54. The number of carbonyl (C=O) groups is 2. The molecule has 10 heteroatoms. The molecule has 0 aliphatic rings. The Bertz CT molecular complexity index is 1120. The molecule has 3 rings (SSSR count). The number of fused-ring (bicyclic) bond motifs is 1. The summed E-state index contributed by atoms with van der Waals surface area (Å²) in [6.45, 7) is 5.85. The van der Waals surface area contributed by atoms with E-state index in [-0.39, 0.29) is 18.2 Å². The van der Waals surface area contributed by atoms with Gasteiger partial charge in [-0.15, -0.1) is 11.3 Å². The quantitative estimate of drug-likeness (QED) is 0.410. The van der Waals surface area contributed by atoms with Crippen LogP contribution >= 0.6 is 34.5 Å². The SMILES string of the molecule is Cc1nc(C)c2c(C)c(C(=O)NNC(=O)CCCOc3ccc(Cl)cc3Cl)sc2n1. The Kier molecular flexibility index (Phi) is 7.12. The number of nitrogens with zero attached hydrogens (tertiary/aromatic N) is 2. The van der Waals surface area contributed by atoms with Gasteiger partial charge < -0.3 is 4.74 Å². The molecule has 2 heterocycles. The van der Waals surface area contributed by atoms with Gasteiger partial charge in [0.25, 0.3) is 5.91 Å². The fraction of sp³-hybridized carbons (Fsp3) is 0.300. The number of hydrazine groups is 1. The average molecular weight is 467 g/mol. The highest BCUT2D eigenvalue weighted by atomic mass is 35.5. The first-order chi connectivity index (χ1) is 14.3. The van der Waals surface area contributed by atoms with Crippen molar-refractivity contribution in [2.75, 3.05) is 6.61 Å². The zero-order valence-corrected chi connectivity index (χ0v) is 19.0. The number of amides is 2. The molecule has 30 heavy (non-hydrogen) atoms. The lowest BCUT2D eigenvalue weighted by Crippen LogP contribution is -2.41. The first-order valence-corrected chi connectivity index (χ1v) is 10.7. The van der Waals surface area contributed by atoms with E-state index >= 15 is 0 Å². The third kappa shape index (κ3) is 5.19. The van der Waals surface area contributed by atoms with Crippen LogP contribution in [0, 0.1) is 20.8 Å². The van der Waals surface area contributed by atoms with Crippen LogP contribution < -0.4 is 15.6 Å². The summed E-state index contributed by atoms with van der Waals surface area (Å²) in [4.78, 5) is 34.5. The second-order valence-corrected chi connectivity index (χ2v) is 8.46. The molecule has 2 aromatic heterocycles. The van der Waals surface area contributed by atoms with Gasteiger partial charge in [-0.05, 0) is 51.0 Å². The summed E-state index contributed by atoms with van der Waals surface area (Å²) in [6, 6.07) is 4.94. The number of thiophene rings is 1. The minimum absolute atomic E-state index is 0.181. The number of aryl methyl sites for hydroxylation is 3. The van der Waals surface area contributed by atoms with E-state index in [1.54, 1.807) is 18.2 Å². The van der Waals surface area contributed by atoms with Crippen LogP contribution in [0.2, 0.25) is 10.0 Å². The Labute approximate surface area is 187 Å². The van der Waals surface area contributed by atoms with Crippen molar-refractivity contribution >= 4 is 56.6 Å². The molecule has 3 aromatic rings. The van der Waals surface area contributed by atoms with Gasteiger partial charge in [0.05, 0.1) is 16.5 Å². The maximum Gasteiger partial charge on any atom is 0.280 e. The first kappa shape index (κ1) is 22.3. The lowest BCUT2D eigenvalue weighted by molar-refractivity contribution is -0.122. The molecule has 0 saturated carbocycles. The Morgan fingerprint density at radius 1 is 1.13 bits per heavy atom. The highest BCUT2D eigenvalue weighted by molar-refractivity contribution is 7.20. The number of aromatic nitrogens is 2. The van der Waals surface area contributed by atoms with Crippen LogP contribution in [0.3, 0.4) is 0 Å². The average Bonchev–Trinajstić information content (AvgIpc) is 3.01. The minimum Gasteiger partial charge on any atom is -0.492 e. The molecule has 158 valence electrons. The third-order valence-corrected chi connectivity index (χ3v) is 6.02. The van der Waals surface area contributed by atoms with Gasteiger partial charge in [-0.1, -0.05) is 23.2 Å². The zero-order valence-electron chi connectivity index (χ0n) is 16.6. The van der Waals surface area contributed by atoms with E-state index in [9.17, 15) is 9.59 Å². The summed E-state index contributed by atoms with van der Waals surface area (Å²) in [6.07, 6.45) is 0.636. The first-order valence-electron chi connectivity index (χ1n) is 9.17. The van der Waals surface area contributed by atoms with E-state index in [1.165, 1.54) is 11.3 Å². The van der Waals surface area contributed by atoms with E-state index in [4.69, 9.17) is 27.9 Å². The van der Waals surface area contributed by atoms with Crippen LogP contribution in [0.5, 0.6) is 5.75 Å². The van der Waals surface area contributed by atoms with E-state index in [1.807, 2.05) is 20.8 Å². The number of ether oxygens (including phenoxy) is 1. The molecule has 2 amide bonds. The van der Waals surface area contributed by atoms with Crippen molar-refractivity contribution in [1.29, 1.82) is 0 Å². The van der Waals surface area contributed by atoms with Crippen molar-refractivity contribution in [3.8, 4) is 5.75 Å². The van der Waals surface area contributed by atoms with Crippen LogP contribution in [0.25, 0.3) is 10.2 Å². The second kappa shape index (κ2) is 9.59. The molecule has 2 N–H and O–H groups in total. The highest BCUT2D eigenvalue weighted by Gasteiger charge is 2.19. The van der Waals surface area contributed by atoms with Crippen LogP contribution in [-0.2, 0) is 4.79 Å². The van der Waals surface area contributed by atoms with Gasteiger partial charge in [-0.2, -0.15) is 0 Å². The van der Waals surface area contributed by atoms with Crippen LogP contribution in [0.4, 0.5) is 0 Å². The number of hydrogen-bond acceptors (Lipinski definition) is 6. The van der Waals surface area contributed by atoms with Crippen molar-refractivity contribution in [1.82, 2.24) is 20.8 Å². The highest BCUT2D eigenvalue weighted by Crippen LogP contribution is 2.31. The molecule has 1 aromatic carbocycles. The van der Waals surface area contributed by atoms with E-state index < -0.39 is 0 Å². The predicted molar refractivity (Wildman–Crippen MR) is 118 cm³/mol. The minimum atomic E-state index is -0.384. The largest absolute Gasteiger partial charge is 0.492 e. The number of hydrogen-bond donors (Lipinski definition) is 2. The molecular formula is C20H20Cl2N4O3S. The van der Waals surface area contributed by atoms with Crippen LogP contribution in [-0.4, -0.2) is 28.4 Å². The monoisotopic (exact) mass is 466 g/mol. The van der Waals surface area contributed by atoms with Crippen molar-refractivity contribution in [2.45, 2.75) is 33.6 Å². The van der Waals surface area contributed by atoms with E-state index in [0.29, 0.717) is 39.5 Å². The molecule has 0 saturated heterocycles. The van der Waals surface area contributed by atoms with Gasteiger partial charge >= 0.3 is 0 Å². The van der Waals surface area contributed by atoms with Crippen molar-refractivity contribution in [3.63, 3.8) is 0 Å². The summed E-state index contributed by atoms with van der Waals surface area (Å²) in [5.74, 6) is 0.456. The van der Waals surface area contributed by atoms with Crippen LogP contribution in [0.1, 0.15) is 39.6 Å². The molecule has 0 spiro atoms. The smallest absolute Gasteiger partial charge is 0.280 e. The second-order valence-electron chi connectivity index (χ2n) is 6.62. The standard InChI is InChI=1S/C20H20Cl2N4O3S/c1-10-17-11(2)23-12(3)24-20(17)30-18(10)19(28)26-25-16(27)5-4-8-29-15-7-6-13(21)9-14(15)22/h6-7,9H,4-5,8H2,1-3H3,(H,25,27)(H,26,28). The third-order valence-electron chi connectivity index (χ3n) is 4.30. The van der Waals surface area contributed by atoms with Crippen molar-refractivity contribution in [2.24, 2.45) is 0 Å². The number of rotatable bonds is 6. The molecule has 0 bridgehead atoms. The number of benzene rings is 1. The normalized spacial score (nSPS) is 10.8. The number of halogens is 2. The maximum absolute atomic E-state index is 12.5. The van der Waals surface area contributed by atoms with Crippen molar-refractivity contribution < 1.29 is 14.3 Å². The Morgan fingerprint density at radius 2 is 1.90 bits per heavy atom. The van der Waals surface area contributed by atoms with Crippen molar-refractivity contribution in [3.05, 3.63) is 50.2 Å². The molecule has 0 aliphatic carbocycles. The molecule has 0 unspecified atom stereocenters. The number of nitrogens with one attached hydrogen (secondary N) is 2. The Balaban J connectivity index is 1.49. The lowest BCUT2D eigenvalue weighted by atomic mass is 10.1. The molecule has 0 atom stereocenters. The molecule has 0 aliphatic heterocycles. The summed E-state index contributed by atoms with van der Waals surface area (Å²) in [7, 11) is 0. The van der Waals surface area contributed by atoms with Gasteiger partial charge in [0.2, 0.25) is 5.91 Å². The Hall–Kier alpha value is -2.42. The molecular weight excluding hydrogens is 447 g/mol. The van der Waals surface area contributed by atoms with E-state index in [2.05, 4.69) is 20.8 Å². The maximum atomic E-state index is 12.5. The summed E-state index contributed by atoms with van der Waals surface area (Å²) >= 11 is 13.1. The lowest BCUT2D eigenvalue weighted by Gasteiger charge is -2.09. The van der Waals surface area contributed by atoms with E-state index in [0.717, 1.165) is 21.5 Å². The van der Waals surface area contributed by atoms with Gasteiger partial charge in [0.15, 0.2) is 0 Å². The zero-order chi connectivity index (χ0) is 21.8. The Morgan fingerprint density at radius 3 is 2.63 bits per heavy atom. The van der Waals surface area contributed by atoms with Crippen LogP contribution in [0.15, 0.2) is 18.2 Å². The molecule has 0 fully saturated rings. The summed E-state index contributed by atoms with van der Waals surface area (Å²) in [5, 5.41) is 1.81. The van der Waals surface area contributed by atoms with Gasteiger partial charge in [-0.25, -0.2) is 9.97 Å². The summed E-state index contributed by atoms with van der Waals surface area (Å²) in [5.41, 5.74) is 6.51. The molecule has 7 nitrogen and oxygen atoms in total. The molecule has 0 radical (unpaired) electrons. The number of carbonyl (C=O) groups excluding carboxylic acids is 2. The van der Waals surface area contributed by atoms with Gasteiger partial charge in [-0.3, -0.25) is 20.4 Å². The fourth-order valence-corrected chi connectivity index (χ4v) is 4.58.